The van der Waals surface area contributed by atoms with Crippen LogP contribution in [0.3, 0.4) is 0 Å². The molecule has 0 amide bonds. The molecule has 0 bridgehead atoms. The van der Waals surface area contributed by atoms with Crippen molar-refractivity contribution in [2.45, 2.75) is 90.8 Å². The van der Waals surface area contributed by atoms with Crippen molar-refractivity contribution in [1.29, 1.82) is 0 Å². The highest BCUT2D eigenvalue weighted by molar-refractivity contribution is 5.36. The molecule has 0 aromatic heterocycles. The molecule has 10 atom stereocenters. The Balaban J connectivity index is 1.54. The number of carbonyl (C=O) groups excluding carboxylic acids is 1. The van der Waals surface area contributed by atoms with Gasteiger partial charge in [0.15, 0.2) is 0 Å². The van der Waals surface area contributed by atoms with Gasteiger partial charge < -0.3 is 14.9 Å². The van der Waals surface area contributed by atoms with Crippen molar-refractivity contribution in [1.82, 2.24) is 0 Å². The van der Waals surface area contributed by atoms with Gasteiger partial charge in [-0.3, -0.25) is 4.79 Å². The number of hydrogen-bond acceptors (Lipinski definition) is 4. The molecule has 4 rings (SSSR count). The zero-order chi connectivity index (χ0) is 20.1. The van der Waals surface area contributed by atoms with E-state index in [1.165, 1.54) is 25.7 Å². The predicted molar refractivity (Wildman–Crippen MR) is 108 cm³/mol. The molecular formula is C24H40O4. The maximum absolute atomic E-state index is 11.3. The van der Waals surface area contributed by atoms with E-state index in [0.29, 0.717) is 59.4 Å². The summed E-state index contributed by atoms with van der Waals surface area (Å²) < 4.78 is 4.98. The molecule has 4 heteroatoms. The number of aliphatic hydroxyl groups excluding tert-OH is 2. The minimum Gasteiger partial charge on any atom is -0.468 e. The van der Waals surface area contributed by atoms with Crippen LogP contribution in [0.25, 0.3) is 0 Å². The zero-order valence-corrected chi connectivity index (χ0v) is 18.0. The van der Waals surface area contributed by atoms with Crippen LogP contribution in [-0.4, -0.2) is 35.5 Å². The fourth-order valence-electron chi connectivity index (χ4n) is 8.68. The smallest absolute Gasteiger partial charge is 0.293 e. The summed E-state index contributed by atoms with van der Waals surface area (Å²) >= 11 is 0. The number of rotatable bonds is 5. The molecule has 0 spiro atoms. The molecule has 0 radical (unpaired) electrons. The minimum atomic E-state index is -0.203. The van der Waals surface area contributed by atoms with E-state index < -0.39 is 0 Å². The maximum atomic E-state index is 11.3. The van der Waals surface area contributed by atoms with Crippen LogP contribution in [0.2, 0.25) is 0 Å². The number of fused-ring (bicyclic) bond motifs is 5. The van der Waals surface area contributed by atoms with E-state index in [1.807, 2.05) is 0 Å². The summed E-state index contributed by atoms with van der Waals surface area (Å²) in [5.41, 5.74) is 0.603. The number of aliphatic hydroxyl groups is 2. The Morgan fingerprint density at radius 2 is 1.75 bits per heavy atom. The fraction of sp³-hybridized carbons (Fsp3) is 0.958. The fourth-order valence-corrected chi connectivity index (χ4v) is 8.68. The summed E-state index contributed by atoms with van der Waals surface area (Å²) in [5, 5.41) is 21.5. The summed E-state index contributed by atoms with van der Waals surface area (Å²) in [6.07, 6.45) is 9.38. The van der Waals surface area contributed by atoms with Crippen LogP contribution in [0.5, 0.6) is 0 Å². The first-order valence-corrected chi connectivity index (χ1v) is 11.7. The van der Waals surface area contributed by atoms with Crippen molar-refractivity contribution >= 4 is 6.47 Å². The number of carbonyl (C=O) groups is 1. The lowest BCUT2D eigenvalue weighted by molar-refractivity contribution is -0.174. The van der Waals surface area contributed by atoms with Gasteiger partial charge in [-0.2, -0.15) is 0 Å². The lowest BCUT2D eigenvalue weighted by atomic mass is 9.43. The van der Waals surface area contributed by atoms with E-state index in [1.54, 1.807) is 0 Å². The second-order valence-electron chi connectivity index (χ2n) is 11.2. The van der Waals surface area contributed by atoms with Gasteiger partial charge in [0.1, 0.15) is 0 Å². The first-order chi connectivity index (χ1) is 13.3. The number of ether oxygens (including phenoxy) is 1. The molecule has 0 heterocycles. The monoisotopic (exact) mass is 392 g/mol. The van der Waals surface area contributed by atoms with Crippen LogP contribution >= 0.6 is 0 Å². The normalized spacial score (nSPS) is 51.5. The van der Waals surface area contributed by atoms with Gasteiger partial charge in [-0.25, -0.2) is 0 Å². The molecule has 0 aromatic rings. The second kappa shape index (κ2) is 7.58. The first kappa shape index (κ1) is 20.7. The Bertz CT molecular complexity index is 579. The third kappa shape index (κ3) is 3.14. The Hall–Kier alpha value is -0.610. The van der Waals surface area contributed by atoms with Crippen LogP contribution in [0, 0.1) is 46.3 Å². The van der Waals surface area contributed by atoms with Gasteiger partial charge in [0.2, 0.25) is 0 Å². The molecular weight excluding hydrogens is 352 g/mol. The first-order valence-electron chi connectivity index (χ1n) is 11.7. The lowest BCUT2D eigenvalue weighted by Crippen LogP contribution is -2.58. The van der Waals surface area contributed by atoms with Crippen molar-refractivity contribution in [3.05, 3.63) is 0 Å². The van der Waals surface area contributed by atoms with E-state index in [4.69, 9.17) is 4.74 Å². The van der Waals surface area contributed by atoms with E-state index >= 15 is 0 Å². The average molecular weight is 393 g/mol. The largest absolute Gasteiger partial charge is 0.468 e. The van der Waals surface area contributed by atoms with Crippen LogP contribution < -0.4 is 0 Å². The highest BCUT2D eigenvalue weighted by Crippen LogP contribution is 2.68. The Morgan fingerprint density at radius 1 is 1.04 bits per heavy atom. The topological polar surface area (TPSA) is 66.8 Å². The molecule has 160 valence electrons. The summed E-state index contributed by atoms with van der Waals surface area (Å²) in [5.74, 6) is 3.36. The van der Waals surface area contributed by atoms with Gasteiger partial charge >= 0.3 is 0 Å². The average Bonchev–Trinajstić information content (AvgIpc) is 3.00. The highest BCUT2D eigenvalue weighted by Gasteiger charge is 2.62. The third-order valence-corrected chi connectivity index (χ3v) is 10.2. The van der Waals surface area contributed by atoms with E-state index in [-0.39, 0.29) is 12.2 Å². The Morgan fingerprint density at radius 3 is 2.50 bits per heavy atom. The van der Waals surface area contributed by atoms with E-state index in [0.717, 1.165) is 32.1 Å². The molecule has 4 fully saturated rings. The number of hydrogen-bond donors (Lipinski definition) is 2. The van der Waals surface area contributed by atoms with Crippen LogP contribution in [0.1, 0.15) is 78.6 Å². The lowest BCUT2D eigenvalue weighted by Gasteiger charge is -2.62. The molecule has 0 unspecified atom stereocenters. The van der Waals surface area contributed by atoms with Crippen molar-refractivity contribution < 1.29 is 19.7 Å². The molecule has 0 aromatic carbocycles. The van der Waals surface area contributed by atoms with E-state index in [2.05, 4.69) is 20.8 Å². The van der Waals surface area contributed by atoms with Crippen LogP contribution in [0.4, 0.5) is 0 Å². The van der Waals surface area contributed by atoms with Gasteiger partial charge in [-0.15, -0.1) is 0 Å². The van der Waals surface area contributed by atoms with Crippen LogP contribution in [-0.2, 0) is 9.53 Å². The molecule has 2 N–H and O–H groups in total. The van der Waals surface area contributed by atoms with Gasteiger partial charge in [0.05, 0.1) is 18.8 Å². The standard InChI is InChI=1S/C24H40O4/c1-15(8-11-28-14-25)18-4-5-19-22-20(7-10-24(18,19)3)23(2)9-6-17(26)12-16(23)13-21(22)27/h14-22,26-27H,4-13H2,1-3H3/t15-,16+,17-,18-,19+,20+,21+,22+,23+,24-/m1/s1. The maximum Gasteiger partial charge on any atom is 0.293 e. The second-order valence-corrected chi connectivity index (χ2v) is 11.2. The van der Waals surface area contributed by atoms with Crippen molar-refractivity contribution in [2.75, 3.05) is 6.61 Å². The molecule has 0 saturated heterocycles. The van der Waals surface area contributed by atoms with E-state index in [9.17, 15) is 15.0 Å². The molecule has 4 aliphatic carbocycles. The van der Waals surface area contributed by atoms with Crippen molar-refractivity contribution in [3.63, 3.8) is 0 Å². The minimum absolute atomic E-state index is 0.166. The Kier molecular flexibility index (Phi) is 5.59. The predicted octanol–water partition coefficient (Wildman–Crippen LogP) is 4.18. The molecule has 4 saturated carbocycles. The zero-order valence-electron chi connectivity index (χ0n) is 18.0. The quantitative estimate of drug-likeness (QED) is 0.544. The van der Waals surface area contributed by atoms with Gasteiger partial charge in [-0.1, -0.05) is 20.8 Å². The Labute approximate surface area is 170 Å². The summed E-state index contributed by atoms with van der Waals surface area (Å²) in [4.78, 5) is 10.5. The molecule has 4 nitrogen and oxygen atoms in total. The summed E-state index contributed by atoms with van der Waals surface area (Å²) in [6, 6.07) is 0. The van der Waals surface area contributed by atoms with Crippen LogP contribution in [0.15, 0.2) is 0 Å². The summed E-state index contributed by atoms with van der Waals surface area (Å²) in [6.45, 7) is 8.39. The molecule has 28 heavy (non-hydrogen) atoms. The highest BCUT2D eigenvalue weighted by atomic mass is 16.5. The molecule has 4 aliphatic rings. The van der Waals surface area contributed by atoms with Gasteiger partial charge in [0, 0.05) is 0 Å². The summed E-state index contributed by atoms with van der Waals surface area (Å²) in [7, 11) is 0. The SMILES string of the molecule is C[C@H](CCOC=O)[C@H]1CC[C@H]2[C@@H]3[C@@H](O)C[C@@H]4C[C@H](O)CC[C@]4(C)[C@H]3CC[C@]12C. The molecule has 0 aliphatic heterocycles. The third-order valence-electron chi connectivity index (χ3n) is 10.2. The van der Waals surface area contributed by atoms with Gasteiger partial charge in [-0.05, 0) is 104 Å². The van der Waals surface area contributed by atoms with Gasteiger partial charge in [0.25, 0.3) is 6.47 Å². The van der Waals surface area contributed by atoms with Crippen molar-refractivity contribution in [2.24, 2.45) is 46.3 Å². The van der Waals surface area contributed by atoms with Crippen molar-refractivity contribution in [3.8, 4) is 0 Å².